The van der Waals surface area contributed by atoms with E-state index in [0.29, 0.717) is 29.7 Å². The number of carbonyl (C=O) groups is 1. The number of rotatable bonds is 3. The molecule has 4 aromatic rings. The smallest absolute Gasteiger partial charge is 0.270 e. The molecule has 0 spiro atoms. The molecule has 1 atom stereocenters. The number of carbonyl (C=O) groups excluding carboxylic acids is 1. The van der Waals surface area contributed by atoms with Crippen LogP contribution in [0.15, 0.2) is 41.2 Å². The Balaban J connectivity index is 1.59. The molecule has 0 unspecified atom stereocenters. The van der Waals surface area contributed by atoms with Crippen LogP contribution < -0.4 is 10.9 Å². The van der Waals surface area contributed by atoms with Gasteiger partial charge < -0.3 is 20.2 Å². The lowest BCUT2D eigenvalue weighted by Gasteiger charge is -2.34. The highest BCUT2D eigenvalue weighted by Gasteiger charge is 2.31. The molecule has 5 rings (SSSR count). The number of fused-ring (bicyclic) bond motifs is 4. The van der Waals surface area contributed by atoms with Crippen molar-refractivity contribution in [2.24, 2.45) is 0 Å². The van der Waals surface area contributed by atoms with E-state index in [1.165, 1.54) is 29.2 Å². The van der Waals surface area contributed by atoms with Crippen LogP contribution in [0.2, 0.25) is 0 Å². The number of pyridine rings is 1. The Morgan fingerprint density at radius 2 is 1.85 bits per heavy atom. The second-order valence-corrected chi connectivity index (χ2v) is 8.01. The molecular weight excluding hydrogens is 440 g/mol. The summed E-state index contributed by atoms with van der Waals surface area (Å²) in [6.45, 7) is 0.713. The summed E-state index contributed by atoms with van der Waals surface area (Å²) in [6.07, 6.45) is -3.04. The van der Waals surface area contributed by atoms with Gasteiger partial charge in [0.1, 0.15) is 17.3 Å². The van der Waals surface area contributed by atoms with Crippen molar-refractivity contribution < 1.29 is 22.4 Å². The van der Waals surface area contributed by atoms with E-state index in [0.717, 1.165) is 12.1 Å². The zero-order chi connectivity index (χ0) is 23.4. The van der Waals surface area contributed by atoms with Crippen LogP contribution in [-0.4, -0.2) is 34.4 Å². The van der Waals surface area contributed by atoms with Gasteiger partial charge >= 0.3 is 0 Å². The molecule has 0 saturated carbocycles. The molecule has 0 saturated heterocycles. The first-order valence-electron chi connectivity index (χ1n) is 10.2. The number of benzene rings is 2. The lowest BCUT2D eigenvalue weighted by atomic mass is 9.94. The lowest BCUT2D eigenvalue weighted by molar-refractivity contribution is 0.0718. The van der Waals surface area contributed by atoms with Crippen molar-refractivity contribution in [3.8, 4) is 0 Å². The number of hydrogen-bond acceptors (Lipinski definition) is 3. The second kappa shape index (κ2) is 7.73. The maximum Gasteiger partial charge on any atom is 0.270 e. The number of halogens is 4. The van der Waals surface area contributed by atoms with Gasteiger partial charge in [0, 0.05) is 42.3 Å². The van der Waals surface area contributed by atoms with Crippen LogP contribution in [0.3, 0.4) is 0 Å². The number of H-pyrrole nitrogens is 2. The molecule has 33 heavy (non-hydrogen) atoms. The van der Waals surface area contributed by atoms with E-state index in [1.807, 2.05) is 0 Å². The summed E-state index contributed by atoms with van der Waals surface area (Å²) in [5.74, 6) is -2.10. The number of likely N-dealkylation sites (N-methyl/N-ethyl adjacent to an activating group) is 1. The minimum absolute atomic E-state index is 0.0203. The van der Waals surface area contributed by atoms with Crippen LogP contribution in [0.5, 0.6) is 0 Å². The quantitative estimate of drug-likeness (QED) is 0.404. The van der Waals surface area contributed by atoms with Gasteiger partial charge in [-0.05, 0) is 35.7 Å². The van der Waals surface area contributed by atoms with Crippen molar-refractivity contribution in [3.05, 3.63) is 80.9 Å². The van der Waals surface area contributed by atoms with Crippen molar-refractivity contribution in [1.82, 2.24) is 20.2 Å². The summed E-state index contributed by atoms with van der Waals surface area (Å²) < 4.78 is 54.5. The molecule has 1 aliphatic heterocycles. The highest BCUT2D eigenvalue weighted by atomic mass is 19.3. The van der Waals surface area contributed by atoms with E-state index < -0.39 is 41.1 Å². The average Bonchev–Trinajstić information content (AvgIpc) is 3.21. The molecule has 0 bridgehead atoms. The second-order valence-electron chi connectivity index (χ2n) is 8.01. The van der Waals surface area contributed by atoms with Gasteiger partial charge in [-0.2, -0.15) is 0 Å². The molecule has 0 radical (unpaired) electrons. The maximum atomic E-state index is 14.0. The van der Waals surface area contributed by atoms with Crippen molar-refractivity contribution in [3.63, 3.8) is 0 Å². The van der Waals surface area contributed by atoms with E-state index in [1.54, 1.807) is 7.05 Å². The van der Waals surface area contributed by atoms with Gasteiger partial charge in [-0.25, -0.2) is 17.6 Å². The maximum absolute atomic E-state index is 14.0. The topological polar surface area (TPSA) is 81.0 Å². The van der Waals surface area contributed by atoms with Crippen LogP contribution in [0.4, 0.5) is 17.6 Å². The molecule has 10 heteroatoms. The Morgan fingerprint density at radius 3 is 2.61 bits per heavy atom. The van der Waals surface area contributed by atoms with Crippen molar-refractivity contribution >= 4 is 27.6 Å². The third-order valence-electron chi connectivity index (χ3n) is 6.11. The molecule has 3 heterocycles. The van der Waals surface area contributed by atoms with Gasteiger partial charge in [-0.3, -0.25) is 9.59 Å². The fourth-order valence-corrected chi connectivity index (χ4v) is 4.53. The van der Waals surface area contributed by atoms with Crippen molar-refractivity contribution in [2.45, 2.75) is 19.0 Å². The normalized spacial score (nSPS) is 15.9. The zero-order valence-electron chi connectivity index (χ0n) is 17.3. The van der Waals surface area contributed by atoms with Gasteiger partial charge in [-0.15, -0.1) is 0 Å². The zero-order valence-corrected chi connectivity index (χ0v) is 17.3. The minimum Gasteiger partial charge on any atom is -0.351 e. The van der Waals surface area contributed by atoms with Crippen LogP contribution in [0.25, 0.3) is 21.7 Å². The summed E-state index contributed by atoms with van der Waals surface area (Å²) in [6, 6.07) is 6.82. The Morgan fingerprint density at radius 1 is 1.06 bits per heavy atom. The summed E-state index contributed by atoms with van der Waals surface area (Å²) >= 11 is 0. The van der Waals surface area contributed by atoms with Crippen LogP contribution in [-0.2, 0) is 6.54 Å². The van der Waals surface area contributed by atoms with Gasteiger partial charge in [0.15, 0.2) is 0 Å². The number of aromatic nitrogens is 2. The van der Waals surface area contributed by atoms with E-state index in [2.05, 4.69) is 15.3 Å². The third kappa shape index (κ3) is 3.37. The first-order chi connectivity index (χ1) is 15.8. The van der Waals surface area contributed by atoms with Gasteiger partial charge in [0.2, 0.25) is 0 Å². The van der Waals surface area contributed by atoms with Gasteiger partial charge in [-0.1, -0.05) is 6.07 Å². The first-order valence-corrected chi connectivity index (χ1v) is 10.2. The standard InChI is InChI=1S/C23H18F4N4O2/c1-31(23(33)16-7-13-15(29-16)5-4-14(25)19(13)21(26)27)18-9-28-8-17-20(18)11-3-2-10(24)6-12(11)22(32)30-17/h2-7,18,21,28-29H,8-9H2,1H3,(H,30,32)/t18-/m0/s1. The Kier molecular flexibility index (Phi) is 4.97. The molecule has 2 aromatic carbocycles. The number of hydrogen-bond donors (Lipinski definition) is 3. The average molecular weight is 458 g/mol. The predicted octanol–water partition coefficient (Wildman–Crippen LogP) is 4.14. The van der Waals surface area contributed by atoms with Crippen LogP contribution in [0, 0.1) is 11.6 Å². The number of amides is 1. The largest absolute Gasteiger partial charge is 0.351 e. The molecule has 0 aliphatic carbocycles. The summed E-state index contributed by atoms with van der Waals surface area (Å²) in [7, 11) is 1.55. The minimum atomic E-state index is -3.04. The summed E-state index contributed by atoms with van der Waals surface area (Å²) in [5, 5.41) is 3.78. The predicted molar refractivity (Wildman–Crippen MR) is 114 cm³/mol. The lowest BCUT2D eigenvalue weighted by Crippen LogP contribution is -2.42. The number of nitrogens with one attached hydrogen (secondary N) is 3. The molecule has 170 valence electrons. The van der Waals surface area contributed by atoms with Crippen LogP contribution in [0.1, 0.15) is 39.8 Å². The number of aromatic amines is 2. The summed E-state index contributed by atoms with van der Waals surface area (Å²) in [4.78, 5) is 32.7. The van der Waals surface area contributed by atoms with Crippen molar-refractivity contribution in [2.75, 3.05) is 13.6 Å². The monoisotopic (exact) mass is 458 g/mol. The third-order valence-corrected chi connectivity index (χ3v) is 6.11. The van der Waals surface area contributed by atoms with E-state index in [4.69, 9.17) is 0 Å². The molecule has 3 N–H and O–H groups in total. The Labute approximate surface area is 184 Å². The highest BCUT2D eigenvalue weighted by Crippen LogP contribution is 2.34. The van der Waals surface area contributed by atoms with E-state index in [9.17, 15) is 27.2 Å². The number of alkyl halides is 2. The fraction of sp³-hybridized carbons (Fsp3) is 0.217. The molecule has 2 aromatic heterocycles. The first kappa shape index (κ1) is 21.2. The molecule has 1 aliphatic rings. The van der Waals surface area contributed by atoms with E-state index >= 15 is 0 Å². The van der Waals surface area contributed by atoms with E-state index in [-0.39, 0.29) is 22.0 Å². The summed E-state index contributed by atoms with van der Waals surface area (Å²) in [5.41, 5.74) is 0.295. The SMILES string of the molecule is CN(C(=O)c1cc2c(C(F)F)c(F)ccc2[nH]1)[C@H]1CNCc2[nH]c(=O)c3cc(F)ccc3c21. The molecule has 6 nitrogen and oxygen atoms in total. The fourth-order valence-electron chi connectivity index (χ4n) is 4.53. The van der Waals surface area contributed by atoms with Gasteiger partial charge in [0.25, 0.3) is 17.9 Å². The molecular formula is C23H18F4N4O2. The highest BCUT2D eigenvalue weighted by molar-refractivity contribution is 5.99. The Bertz CT molecular complexity index is 1480. The molecule has 0 fully saturated rings. The van der Waals surface area contributed by atoms with Crippen LogP contribution >= 0.6 is 0 Å². The molecule has 1 amide bonds. The Hall–Kier alpha value is -3.66. The van der Waals surface area contributed by atoms with Gasteiger partial charge in [0.05, 0.1) is 17.0 Å². The number of nitrogens with zero attached hydrogens (tertiary/aromatic N) is 1. The van der Waals surface area contributed by atoms with Crippen molar-refractivity contribution in [1.29, 1.82) is 0 Å².